The summed E-state index contributed by atoms with van der Waals surface area (Å²) < 4.78 is 0. The summed E-state index contributed by atoms with van der Waals surface area (Å²) in [5.74, 6) is 0.862. The summed E-state index contributed by atoms with van der Waals surface area (Å²) in [6.45, 7) is 0.850. The van der Waals surface area contributed by atoms with Gasteiger partial charge in [0, 0.05) is 34.8 Å². The second-order valence-corrected chi connectivity index (χ2v) is 6.59. The summed E-state index contributed by atoms with van der Waals surface area (Å²) in [4.78, 5) is 25.3. The van der Waals surface area contributed by atoms with E-state index in [9.17, 15) is 4.79 Å². The Labute approximate surface area is 167 Å². The Morgan fingerprint density at radius 2 is 1.82 bits per heavy atom. The lowest BCUT2D eigenvalue weighted by molar-refractivity contribution is -0.104. The van der Waals surface area contributed by atoms with Crippen molar-refractivity contribution in [3.63, 3.8) is 0 Å². The first-order chi connectivity index (χ1) is 13.7. The predicted octanol–water partition coefficient (Wildman–Crippen LogP) is 4.09. The van der Waals surface area contributed by atoms with E-state index >= 15 is 0 Å². The first-order valence-electron chi connectivity index (χ1n) is 8.71. The Morgan fingerprint density at radius 3 is 2.57 bits per heavy atom. The maximum atomic E-state index is 10.5. The molecule has 3 aromatic rings. The summed E-state index contributed by atoms with van der Waals surface area (Å²) in [5, 5.41) is 6.95. The fourth-order valence-electron chi connectivity index (χ4n) is 3.04. The molecular formula is C20H17ClN6O. The molecule has 2 aromatic carbocycles. The minimum Gasteiger partial charge on any atom is -0.347 e. The highest BCUT2D eigenvalue weighted by molar-refractivity contribution is 6.30. The van der Waals surface area contributed by atoms with Crippen molar-refractivity contribution in [2.24, 2.45) is 0 Å². The average molecular weight is 393 g/mol. The number of aldehydes is 1. The Hall–Kier alpha value is -3.45. The number of nitrogens with one attached hydrogen (secondary N) is 2. The van der Waals surface area contributed by atoms with E-state index in [2.05, 4.69) is 36.6 Å². The van der Waals surface area contributed by atoms with E-state index in [-0.39, 0.29) is 0 Å². The van der Waals surface area contributed by atoms with Gasteiger partial charge in [-0.15, -0.1) is 0 Å². The first-order valence-corrected chi connectivity index (χ1v) is 9.09. The molecule has 1 aliphatic heterocycles. The molecule has 8 heteroatoms. The van der Waals surface area contributed by atoms with E-state index < -0.39 is 0 Å². The molecule has 0 radical (unpaired) electrons. The third-order valence-electron chi connectivity index (χ3n) is 4.26. The minimum atomic E-state index is 0.422. The molecule has 0 saturated heterocycles. The van der Waals surface area contributed by atoms with Gasteiger partial charge in [0.25, 0.3) is 0 Å². The molecule has 0 unspecified atom stereocenters. The first kappa shape index (κ1) is 17.9. The molecular weight excluding hydrogens is 376 g/mol. The zero-order valence-electron chi connectivity index (χ0n) is 14.8. The number of fused-ring (bicyclic) bond motifs is 1. The van der Waals surface area contributed by atoms with Crippen LogP contribution in [0.25, 0.3) is 0 Å². The molecule has 1 aliphatic rings. The van der Waals surface area contributed by atoms with Gasteiger partial charge in [-0.1, -0.05) is 17.7 Å². The number of hydrogen-bond donors (Lipinski definition) is 2. The molecule has 2 heterocycles. The SMILES string of the molecule is O=CC=CN1CCc2cc(Nc3ncnc(Nc4cccc(Cl)c4)n3)ccc21. The summed E-state index contributed by atoms with van der Waals surface area (Å²) in [5.41, 5.74) is 3.99. The lowest BCUT2D eigenvalue weighted by Crippen LogP contribution is -2.11. The summed E-state index contributed by atoms with van der Waals surface area (Å²) >= 11 is 6.00. The van der Waals surface area contributed by atoms with E-state index in [1.165, 1.54) is 18.0 Å². The molecule has 0 amide bonds. The van der Waals surface area contributed by atoms with Crippen molar-refractivity contribution in [2.75, 3.05) is 22.1 Å². The highest BCUT2D eigenvalue weighted by atomic mass is 35.5. The van der Waals surface area contributed by atoms with Crippen LogP contribution in [0.3, 0.4) is 0 Å². The van der Waals surface area contributed by atoms with Crippen LogP contribution in [0.2, 0.25) is 5.02 Å². The van der Waals surface area contributed by atoms with Gasteiger partial charge in [-0.2, -0.15) is 4.98 Å². The van der Waals surface area contributed by atoms with Gasteiger partial charge < -0.3 is 15.5 Å². The Balaban J connectivity index is 1.49. The molecule has 0 aliphatic carbocycles. The second kappa shape index (κ2) is 8.06. The van der Waals surface area contributed by atoms with Crippen molar-refractivity contribution in [1.29, 1.82) is 0 Å². The Kier molecular flexibility index (Phi) is 5.16. The van der Waals surface area contributed by atoms with Crippen molar-refractivity contribution in [3.05, 3.63) is 71.7 Å². The van der Waals surface area contributed by atoms with Gasteiger partial charge in [-0.05, 0) is 54.5 Å². The molecule has 0 fully saturated rings. The van der Waals surface area contributed by atoms with Crippen molar-refractivity contribution in [2.45, 2.75) is 6.42 Å². The lowest BCUT2D eigenvalue weighted by atomic mass is 10.1. The Morgan fingerprint density at radius 1 is 1.04 bits per heavy atom. The topological polar surface area (TPSA) is 83.0 Å². The molecule has 28 heavy (non-hydrogen) atoms. The molecule has 7 nitrogen and oxygen atoms in total. The molecule has 4 rings (SSSR count). The fraction of sp³-hybridized carbons (Fsp3) is 0.100. The van der Waals surface area contributed by atoms with Crippen molar-refractivity contribution in [3.8, 4) is 0 Å². The van der Waals surface area contributed by atoms with Gasteiger partial charge in [0.2, 0.25) is 11.9 Å². The number of carbonyl (C=O) groups is 1. The van der Waals surface area contributed by atoms with Gasteiger partial charge in [0.05, 0.1) is 0 Å². The third-order valence-corrected chi connectivity index (χ3v) is 4.50. The van der Waals surface area contributed by atoms with Crippen LogP contribution >= 0.6 is 11.6 Å². The van der Waals surface area contributed by atoms with Crippen LogP contribution in [0.5, 0.6) is 0 Å². The Bertz CT molecular complexity index is 1040. The molecule has 0 spiro atoms. The molecule has 0 bridgehead atoms. The molecule has 1 aromatic heterocycles. The molecule has 0 saturated carbocycles. The molecule has 2 N–H and O–H groups in total. The van der Waals surface area contributed by atoms with Crippen molar-refractivity contribution in [1.82, 2.24) is 15.0 Å². The number of anilines is 5. The largest absolute Gasteiger partial charge is 0.347 e. The zero-order valence-corrected chi connectivity index (χ0v) is 15.6. The number of allylic oxidation sites excluding steroid dienone is 1. The summed E-state index contributed by atoms with van der Waals surface area (Å²) in [7, 11) is 0. The van der Waals surface area contributed by atoms with Crippen LogP contribution in [-0.2, 0) is 11.2 Å². The highest BCUT2D eigenvalue weighted by Gasteiger charge is 2.17. The summed E-state index contributed by atoms with van der Waals surface area (Å²) in [6.07, 6.45) is 6.43. The number of carbonyl (C=O) groups excluding carboxylic acids is 1. The molecule has 0 atom stereocenters. The number of nitrogens with zero attached hydrogens (tertiary/aromatic N) is 4. The van der Waals surface area contributed by atoms with Gasteiger partial charge in [0.1, 0.15) is 12.6 Å². The quantitative estimate of drug-likeness (QED) is 0.483. The van der Waals surface area contributed by atoms with Gasteiger partial charge in [-0.25, -0.2) is 9.97 Å². The van der Waals surface area contributed by atoms with E-state index in [0.29, 0.717) is 16.9 Å². The zero-order chi connectivity index (χ0) is 19.3. The van der Waals surface area contributed by atoms with E-state index in [1.807, 2.05) is 24.3 Å². The molecule has 140 valence electrons. The van der Waals surface area contributed by atoms with Crippen LogP contribution in [0.15, 0.2) is 61.1 Å². The van der Waals surface area contributed by atoms with Crippen LogP contribution < -0.4 is 15.5 Å². The number of aromatic nitrogens is 3. The maximum absolute atomic E-state index is 10.5. The van der Waals surface area contributed by atoms with Crippen LogP contribution in [-0.4, -0.2) is 27.8 Å². The van der Waals surface area contributed by atoms with Gasteiger partial charge >= 0.3 is 0 Å². The van der Waals surface area contributed by atoms with Crippen LogP contribution in [0.1, 0.15) is 5.56 Å². The van der Waals surface area contributed by atoms with Crippen molar-refractivity contribution >= 4 is 46.8 Å². The average Bonchev–Trinajstić information content (AvgIpc) is 3.09. The van der Waals surface area contributed by atoms with Crippen molar-refractivity contribution < 1.29 is 4.79 Å². The predicted molar refractivity (Wildman–Crippen MR) is 111 cm³/mol. The maximum Gasteiger partial charge on any atom is 0.232 e. The summed E-state index contributed by atoms with van der Waals surface area (Å²) in [6, 6.07) is 13.4. The second-order valence-electron chi connectivity index (χ2n) is 6.16. The van der Waals surface area contributed by atoms with E-state index in [0.717, 1.165) is 36.3 Å². The smallest absolute Gasteiger partial charge is 0.232 e. The third kappa shape index (κ3) is 4.10. The number of rotatable bonds is 6. The normalized spacial score (nSPS) is 12.8. The van der Waals surface area contributed by atoms with Gasteiger partial charge in [0.15, 0.2) is 0 Å². The van der Waals surface area contributed by atoms with E-state index in [4.69, 9.17) is 11.6 Å². The fourth-order valence-corrected chi connectivity index (χ4v) is 3.23. The number of benzene rings is 2. The standard InChI is InChI=1S/C20H17ClN6O/c21-15-3-1-4-16(12-15)24-19-22-13-23-20(26-19)25-17-5-6-18-14(11-17)7-9-27(18)8-2-10-28/h1-6,8,10-13H,7,9H2,(H2,22,23,24,25,26). The van der Waals surface area contributed by atoms with Gasteiger partial charge in [-0.3, -0.25) is 4.79 Å². The lowest BCUT2D eigenvalue weighted by Gasteiger charge is -2.14. The monoisotopic (exact) mass is 392 g/mol. The van der Waals surface area contributed by atoms with Crippen LogP contribution in [0.4, 0.5) is 29.0 Å². The highest BCUT2D eigenvalue weighted by Crippen LogP contribution is 2.31. The minimum absolute atomic E-state index is 0.422. The number of hydrogen-bond acceptors (Lipinski definition) is 7. The van der Waals surface area contributed by atoms with E-state index in [1.54, 1.807) is 18.3 Å². The van der Waals surface area contributed by atoms with Crippen LogP contribution in [0, 0.1) is 0 Å². The number of halogens is 1.